The summed E-state index contributed by atoms with van der Waals surface area (Å²) in [5.74, 6) is 2.25. The molecule has 1 fully saturated rings. The summed E-state index contributed by atoms with van der Waals surface area (Å²) in [6.45, 7) is 0. The Balaban J connectivity index is 0.967. The molecule has 0 bridgehead atoms. The fraction of sp³-hybridized carbons (Fsp3) is 0.0566. The molecule has 6 heteroatoms. The monoisotopic (exact) mass is 771 g/mol. The van der Waals surface area contributed by atoms with Crippen LogP contribution in [0, 0.1) is 5.92 Å². The van der Waals surface area contributed by atoms with E-state index in [1.165, 1.54) is 70.6 Å². The zero-order valence-electron chi connectivity index (χ0n) is 31.7. The largest absolute Gasteiger partial charge is 0.309 e. The zero-order valence-corrected chi connectivity index (χ0v) is 32.6. The number of hydrogen-bond acceptors (Lipinski definition) is 3. The molecule has 2 unspecified atom stereocenters. The maximum atomic E-state index is 5.27. The molecule has 0 spiro atoms. The lowest BCUT2D eigenvalue weighted by atomic mass is 9.94. The Labute approximate surface area is 342 Å². The number of hydrogen-bond donors (Lipinski definition) is 0. The van der Waals surface area contributed by atoms with Crippen LogP contribution in [-0.4, -0.2) is 23.7 Å². The van der Waals surface area contributed by atoms with Crippen molar-refractivity contribution >= 4 is 86.8 Å². The molecule has 0 amide bonds. The van der Waals surface area contributed by atoms with Crippen molar-refractivity contribution in [2.45, 2.75) is 12.3 Å². The van der Waals surface area contributed by atoms with Crippen LogP contribution in [0.3, 0.4) is 0 Å². The van der Waals surface area contributed by atoms with E-state index in [9.17, 15) is 0 Å². The smallest absolute Gasteiger partial charge is 0.161 e. The van der Waals surface area contributed by atoms with Gasteiger partial charge >= 0.3 is 0 Å². The molecule has 2 aliphatic rings. The first-order valence-corrected chi connectivity index (χ1v) is 21.2. The summed E-state index contributed by atoms with van der Waals surface area (Å²) in [4.78, 5) is 6.51. The van der Waals surface area contributed by atoms with Crippen LogP contribution < -0.4 is 0 Å². The van der Waals surface area contributed by atoms with Gasteiger partial charge in [-0.1, -0.05) is 97.1 Å². The maximum absolute atomic E-state index is 5.27. The molecular weight excluding hydrogens is 739 g/mol. The number of allylic oxidation sites excluding steroid dienone is 1. The van der Waals surface area contributed by atoms with Crippen molar-refractivity contribution < 1.29 is 0 Å². The molecule has 14 rings (SSSR count). The molecule has 12 aromatic rings. The number of para-hydroxylation sites is 3. The summed E-state index contributed by atoms with van der Waals surface area (Å²) < 4.78 is 8.22. The van der Waals surface area contributed by atoms with Crippen LogP contribution >= 0.6 is 11.3 Å². The number of aromatic nitrogens is 5. The lowest BCUT2D eigenvalue weighted by molar-refractivity contribution is 0.948. The molecule has 276 valence electrons. The first-order chi connectivity index (χ1) is 29.2. The molecule has 59 heavy (non-hydrogen) atoms. The molecule has 5 aromatic heterocycles. The molecular formula is C53H33N5S. The molecule has 2 aliphatic carbocycles. The van der Waals surface area contributed by atoms with Crippen LogP contribution in [0.4, 0.5) is 0 Å². The maximum Gasteiger partial charge on any atom is 0.161 e. The van der Waals surface area contributed by atoms with Crippen LogP contribution in [0.25, 0.3) is 110 Å². The van der Waals surface area contributed by atoms with E-state index < -0.39 is 0 Å². The standard InChI is InChI=1S/C53H33N5S/c1-2-10-35(11-3-1)56-46-16-8-5-12-38(46)42-28-48-43(29-47(42)56)51-40-14-6-9-17-50(40)59-53(51)57(48)36-23-20-31(21-24-36)52-54-44-15-7-4-13-39(44)49-30-45(55-58(49)52)34-22-25-37-32(26-34)18-19-33-27-41(33)37/h1-26,28-30,33,41H,27H2. The zero-order chi connectivity index (χ0) is 38.3. The summed E-state index contributed by atoms with van der Waals surface area (Å²) in [7, 11) is 0. The van der Waals surface area contributed by atoms with Gasteiger partial charge in [-0.2, -0.15) is 5.10 Å². The second kappa shape index (κ2) is 11.7. The van der Waals surface area contributed by atoms with Crippen molar-refractivity contribution in [2.24, 2.45) is 5.92 Å². The van der Waals surface area contributed by atoms with Gasteiger partial charge < -0.3 is 9.13 Å². The quantitative estimate of drug-likeness (QED) is 0.179. The van der Waals surface area contributed by atoms with Gasteiger partial charge in [0.1, 0.15) is 4.83 Å². The van der Waals surface area contributed by atoms with E-state index in [2.05, 4.69) is 185 Å². The molecule has 0 radical (unpaired) electrons. The molecule has 5 heterocycles. The Hall–Kier alpha value is -7.28. The fourth-order valence-electron chi connectivity index (χ4n) is 10.1. The van der Waals surface area contributed by atoms with E-state index in [1.807, 2.05) is 15.9 Å². The molecule has 1 saturated carbocycles. The van der Waals surface area contributed by atoms with Crippen LogP contribution in [0.1, 0.15) is 23.5 Å². The predicted octanol–water partition coefficient (Wildman–Crippen LogP) is 13.8. The van der Waals surface area contributed by atoms with Crippen molar-refractivity contribution in [3.63, 3.8) is 0 Å². The summed E-state index contributed by atoms with van der Waals surface area (Å²) >= 11 is 1.86. The van der Waals surface area contributed by atoms with Crippen LogP contribution in [0.2, 0.25) is 0 Å². The molecule has 5 nitrogen and oxygen atoms in total. The number of nitrogens with zero attached hydrogens (tertiary/aromatic N) is 5. The van der Waals surface area contributed by atoms with E-state index >= 15 is 0 Å². The number of rotatable bonds is 4. The second-order valence-electron chi connectivity index (χ2n) is 16.2. The minimum Gasteiger partial charge on any atom is -0.309 e. The SMILES string of the molecule is C1=CC2CC2c2ccc(-c3cc4c5ccccc5nc(-c5ccc(-n6c7cc8c9ccccc9n(-c9ccccc9)c8cc7c7c8ccccc8sc76)cc5)n4n3)cc21. The van der Waals surface area contributed by atoms with Crippen molar-refractivity contribution in [1.82, 2.24) is 23.7 Å². The summed E-state index contributed by atoms with van der Waals surface area (Å²) in [5.41, 5.74) is 13.8. The topological polar surface area (TPSA) is 40.0 Å². The Bertz CT molecular complexity index is 3770. The van der Waals surface area contributed by atoms with Gasteiger partial charge in [0.25, 0.3) is 0 Å². The summed E-state index contributed by atoms with van der Waals surface area (Å²) in [5, 5.41) is 12.7. The first kappa shape index (κ1) is 31.8. The number of fused-ring (bicyclic) bond motifs is 14. The van der Waals surface area contributed by atoms with Crippen molar-refractivity contribution in [3.8, 4) is 34.0 Å². The molecule has 7 aromatic carbocycles. The molecule has 0 N–H and O–H groups in total. The highest BCUT2D eigenvalue weighted by atomic mass is 32.1. The first-order valence-electron chi connectivity index (χ1n) is 20.4. The third kappa shape index (κ3) is 4.49. The Morgan fingerprint density at radius 2 is 1.27 bits per heavy atom. The minimum absolute atomic E-state index is 0.690. The normalized spacial score (nSPS) is 16.0. The van der Waals surface area contributed by atoms with Gasteiger partial charge in [-0.3, -0.25) is 0 Å². The van der Waals surface area contributed by atoms with E-state index in [1.54, 1.807) is 0 Å². The highest BCUT2D eigenvalue weighted by Gasteiger charge is 2.39. The highest BCUT2D eigenvalue weighted by Crippen LogP contribution is 2.53. The van der Waals surface area contributed by atoms with Crippen LogP contribution in [0.5, 0.6) is 0 Å². The molecule has 0 aliphatic heterocycles. The van der Waals surface area contributed by atoms with Gasteiger partial charge in [-0.05, 0) is 108 Å². The van der Waals surface area contributed by atoms with E-state index in [-0.39, 0.29) is 0 Å². The summed E-state index contributed by atoms with van der Waals surface area (Å²) in [6, 6.07) is 59.7. The van der Waals surface area contributed by atoms with Crippen LogP contribution in [0.15, 0.2) is 170 Å². The lowest BCUT2D eigenvalue weighted by Crippen LogP contribution is -2.00. The Morgan fingerprint density at radius 3 is 2.17 bits per heavy atom. The third-order valence-electron chi connectivity index (χ3n) is 12.9. The number of thiophene rings is 1. The van der Waals surface area contributed by atoms with Crippen molar-refractivity contribution in [3.05, 3.63) is 181 Å². The Kier molecular flexibility index (Phi) is 6.27. The van der Waals surface area contributed by atoms with Crippen molar-refractivity contribution in [1.29, 1.82) is 0 Å². The van der Waals surface area contributed by atoms with Gasteiger partial charge in [0.05, 0.1) is 33.3 Å². The van der Waals surface area contributed by atoms with E-state index in [4.69, 9.17) is 10.1 Å². The molecule has 0 saturated heterocycles. The number of benzene rings is 7. The summed E-state index contributed by atoms with van der Waals surface area (Å²) in [6.07, 6.45) is 5.96. The van der Waals surface area contributed by atoms with Gasteiger partial charge in [0, 0.05) is 59.5 Å². The van der Waals surface area contributed by atoms with Gasteiger partial charge in [-0.25, -0.2) is 9.50 Å². The van der Waals surface area contributed by atoms with E-state index in [0.717, 1.165) is 56.4 Å². The van der Waals surface area contributed by atoms with Gasteiger partial charge in [-0.15, -0.1) is 11.3 Å². The lowest BCUT2D eigenvalue weighted by Gasteiger charge is -2.11. The third-order valence-corrected chi connectivity index (χ3v) is 14.1. The van der Waals surface area contributed by atoms with E-state index in [0.29, 0.717) is 5.92 Å². The van der Waals surface area contributed by atoms with Crippen LogP contribution in [-0.2, 0) is 0 Å². The highest BCUT2D eigenvalue weighted by molar-refractivity contribution is 7.25. The molecule has 2 atom stereocenters. The Morgan fingerprint density at radius 1 is 0.542 bits per heavy atom. The van der Waals surface area contributed by atoms with Crippen molar-refractivity contribution in [2.75, 3.05) is 0 Å². The van der Waals surface area contributed by atoms with Gasteiger partial charge in [0.15, 0.2) is 5.82 Å². The minimum atomic E-state index is 0.690. The average molecular weight is 772 g/mol. The fourth-order valence-corrected chi connectivity index (χ4v) is 11.3. The predicted molar refractivity (Wildman–Crippen MR) is 245 cm³/mol. The second-order valence-corrected chi connectivity index (χ2v) is 17.3. The van der Waals surface area contributed by atoms with Gasteiger partial charge in [0.2, 0.25) is 0 Å². The average Bonchev–Trinajstić information content (AvgIpc) is 3.52.